The van der Waals surface area contributed by atoms with Gasteiger partial charge in [-0.2, -0.15) is 0 Å². The molecule has 162 valence electrons. The summed E-state index contributed by atoms with van der Waals surface area (Å²) < 4.78 is 8.44. The van der Waals surface area contributed by atoms with Gasteiger partial charge < -0.3 is 19.9 Å². The minimum Gasteiger partial charge on any atom is -0.493 e. The summed E-state index contributed by atoms with van der Waals surface area (Å²) in [4.78, 5) is 11.5. The third-order valence-corrected chi connectivity index (χ3v) is 7.56. The van der Waals surface area contributed by atoms with Crippen molar-refractivity contribution in [3.63, 3.8) is 0 Å². The van der Waals surface area contributed by atoms with Crippen LogP contribution >= 0.6 is 0 Å². The average molecular weight is 418 g/mol. The lowest BCUT2D eigenvalue weighted by Gasteiger charge is -2.42. The summed E-state index contributed by atoms with van der Waals surface area (Å²) >= 11 is 0. The van der Waals surface area contributed by atoms with Gasteiger partial charge in [-0.1, -0.05) is 18.6 Å². The van der Waals surface area contributed by atoms with Crippen molar-refractivity contribution >= 4 is 16.9 Å². The summed E-state index contributed by atoms with van der Waals surface area (Å²) in [6.07, 6.45) is 11.6. The van der Waals surface area contributed by atoms with Crippen molar-refractivity contribution in [2.24, 2.45) is 11.8 Å². The molecule has 31 heavy (non-hydrogen) atoms. The lowest BCUT2D eigenvalue weighted by atomic mass is 9.79. The van der Waals surface area contributed by atoms with Crippen LogP contribution in [-0.2, 0) is 0 Å². The molecule has 0 spiro atoms. The van der Waals surface area contributed by atoms with E-state index in [0.29, 0.717) is 11.9 Å². The molecule has 1 aliphatic heterocycles. The van der Waals surface area contributed by atoms with Crippen LogP contribution in [0, 0.1) is 11.8 Å². The number of benzene rings is 1. The molecule has 2 aromatic heterocycles. The van der Waals surface area contributed by atoms with Gasteiger partial charge in [-0.3, -0.25) is 0 Å². The molecule has 2 saturated carbocycles. The van der Waals surface area contributed by atoms with E-state index in [4.69, 9.17) is 10.5 Å². The number of hydrogen-bond acceptors (Lipinski definition) is 5. The summed E-state index contributed by atoms with van der Waals surface area (Å²) in [5.74, 6) is 3.00. The van der Waals surface area contributed by atoms with Gasteiger partial charge in [-0.25, -0.2) is 9.97 Å². The molecular formula is C25H31N5O. The maximum atomic E-state index is 6.35. The first-order valence-electron chi connectivity index (χ1n) is 11.8. The molecule has 0 radical (unpaired) electrons. The van der Waals surface area contributed by atoms with E-state index in [9.17, 15) is 0 Å². The fraction of sp³-hybridized carbons (Fsp3) is 0.520. The molecule has 0 bridgehead atoms. The first-order valence-corrected chi connectivity index (χ1v) is 11.8. The maximum Gasteiger partial charge on any atom is 0.146 e. The standard InChI is InChI=1S/C25H31N5O/c26-24-23-22(19-6-2-7-21(12-19)31-15-17-4-1-5-17)14-30(25(23)28-16-27-24)20-10-18(11-20)13-29-8-3-9-29/h2,6-7,12,14,16-18,20H,1,3-5,8-11,13,15H2,(H2,26,27,28). The molecule has 3 fully saturated rings. The molecule has 0 amide bonds. The second-order valence-electron chi connectivity index (χ2n) is 9.69. The Morgan fingerprint density at radius 1 is 1.06 bits per heavy atom. The van der Waals surface area contributed by atoms with Gasteiger partial charge >= 0.3 is 0 Å². The number of ether oxygens (including phenoxy) is 1. The van der Waals surface area contributed by atoms with Crippen molar-refractivity contribution in [2.45, 2.75) is 44.6 Å². The number of rotatable bonds is 7. The van der Waals surface area contributed by atoms with Gasteiger partial charge in [0.15, 0.2) is 0 Å². The zero-order valence-corrected chi connectivity index (χ0v) is 18.0. The van der Waals surface area contributed by atoms with E-state index in [0.717, 1.165) is 46.4 Å². The number of hydrogen-bond donors (Lipinski definition) is 1. The van der Waals surface area contributed by atoms with Crippen LogP contribution in [0.2, 0.25) is 0 Å². The van der Waals surface area contributed by atoms with Crippen LogP contribution < -0.4 is 10.5 Å². The fourth-order valence-corrected chi connectivity index (χ4v) is 5.24. The monoisotopic (exact) mass is 417 g/mol. The summed E-state index contributed by atoms with van der Waals surface area (Å²) in [5.41, 5.74) is 9.52. The Hall–Kier alpha value is -2.60. The number of anilines is 1. The largest absolute Gasteiger partial charge is 0.493 e. The molecule has 2 N–H and O–H groups in total. The Morgan fingerprint density at radius 2 is 1.94 bits per heavy atom. The van der Waals surface area contributed by atoms with E-state index in [2.05, 4.69) is 43.8 Å². The maximum absolute atomic E-state index is 6.35. The molecule has 1 aromatic carbocycles. The number of likely N-dealkylation sites (tertiary alicyclic amines) is 1. The summed E-state index contributed by atoms with van der Waals surface area (Å²) in [7, 11) is 0. The Labute approximate surface area is 183 Å². The fourth-order valence-electron chi connectivity index (χ4n) is 5.24. The quantitative estimate of drug-likeness (QED) is 0.612. The van der Waals surface area contributed by atoms with E-state index in [-0.39, 0.29) is 0 Å². The van der Waals surface area contributed by atoms with Crippen molar-refractivity contribution in [3.05, 3.63) is 36.8 Å². The van der Waals surface area contributed by atoms with Crippen molar-refractivity contribution in [1.82, 2.24) is 19.4 Å². The summed E-state index contributed by atoms with van der Waals surface area (Å²) in [5, 5.41) is 0.963. The molecule has 1 saturated heterocycles. The van der Waals surface area contributed by atoms with Gasteiger partial charge in [0.05, 0.1) is 12.0 Å². The number of nitrogen functional groups attached to an aromatic ring is 1. The lowest BCUT2D eigenvalue weighted by Crippen LogP contribution is -2.43. The zero-order valence-electron chi connectivity index (χ0n) is 18.0. The van der Waals surface area contributed by atoms with Crippen LogP contribution in [0.5, 0.6) is 5.75 Å². The highest BCUT2D eigenvalue weighted by atomic mass is 16.5. The summed E-state index contributed by atoms with van der Waals surface area (Å²) in [6.45, 7) is 4.62. The van der Waals surface area contributed by atoms with E-state index in [1.165, 1.54) is 58.2 Å². The second kappa shape index (κ2) is 7.83. The van der Waals surface area contributed by atoms with Crippen LogP contribution in [0.4, 0.5) is 5.82 Å². The van der Waals surface area contributed by atoms with Crippen LogP contribution in [0.25, 0.3) is 22.2 Å². The smallest absolute Gasteiger partial charge is 0.146 e. The third kappa shape index (κ3) is 3.57. The number of nitrogens with zero attached hydrogens (tertiary/aromatic N) is 4. The van der Waals surface area contributed by atoms with Crippen LogP contribution in [0.3, 0.4) is 0 Å². The predicted molar refractivity (Wildman–Crippen MR) is 123 cm³/mol. The van der Waals surface area contributed by atoms with E-state index in [1.807, 2.05) is 6.07 Å². The zero-order chi connectivity index (χ0) is 20.8. The molecule has 0 unspecified atom stereocenters. The topological polar surface area (TPSA) is 69.2 Å². The van der Waals surface area contributed by atoms with E-state index >= 15 is 0 Å². The number of fused-ring (bicyclic) bond motifs is 1. The van der Waals surface area contributed by atoms with Gasteiger partial charge in [-0.15, -0.1) is 0 Å². The van der Waals surface area contributed by atoms with Crippen LogP contribution in [-0.4, -0.2) is 45.7 Å². The molecular weight excluding hydrogens is 386 g/mol. The lowest BCUT2D eigenvalue weighted by molar-refractivity contribution is 0.0921. The third-order valence-electron chi connectivity index (χ3n) is 7.56. The number of aromatic nitrogens is 3. The Kier molecular flexibility index (Phi) is 4.82. The Balaban J connectivity index is 1.27. The Morgan fingerprint density at radius 3 is 2.68 bits per heavy atom. The highest BCUT2D eigenvalue weighted by Crippen LogP contribution is 2.43. The second-order valence-corrected chi connectivity index (χ2v) is 9.69. The van der Waals surface area contributed by atoms with Crippen molar-refractivity contribution in [2.75, 3.05) is 32.0 Å². The van der Waals surface area contributed by atoms with Crippen molar-refractivity contribution in [3.8, 4) is 16.9 Å². The van der Waals surface area contributed by atoms with Gasteiger partial charge in [0.25, 0.3) is 0 Å². The molecule has 3 aromatic rings. The van der Waals surface area contributed by atoms with Gasteiger partial charge in [-0.05, 0) is 74.7 Å². The highest BCUT2D eigenvalue weighted by Gasteiger charge is 2.34. The molecule has 6 rings (SSSR count). The first-order chi connectivity index (χ1) is 15.2. The molecule has 0 atom stereocenters. The molecule has 6 nitrogen and oxygen atoms in total. The molecule has 3 heterocycles. The van der Waals surface area contributed by atoms with Crippen molar-refractivity contribution < 1.29 is 4.74 Å². The minimum atomic E-state index is 0.495. The Bertz CT molecular complexity index is 1080. The van der Waals surface area contributed by atoms with Gasteiger partial charge in [0.2, 0.25) is 0 Å². The SMILES string of the molecule is Nc1ncnc2c1c(-c1cccc(OCC3CCC3)c1)cn2C1CC(CN2CCC2)C1. The normalized spacial score (nSPS) is 23.9. The minimum absolute atomic E-state index is 0.495. The van der Waals surface area contributed by atoms with E-state index < -0.39 is 0 Å². The van der Waals surface area contributed by atoms with Gasteiger partial charge in [0.1, 0.15) is 23.5 Å². The van der Waals surface area contributed by atoms with Crippen molar-refractivity contribution in [1.29, 1.82) is 0 Å². The molecule has 2 aliphatic carbocycles. The van der Waals surface area contributed by atoms with Gasteiger partial charge in [0, 0.05) is 24.3 Å². The van der Waals surface area contributed by atoms with Crippen LogP contribution in [0.1, 0.15) is 44.6 Å². The average Bonchev–Trinajstić information content (AvgIpc) is 3.05. The molecule has 3 aliphatic rings. The highest BCUT2D eigenvalue weighted by molar-refractivity contribution is 6.00. The van der Waals surface area contributed by atoms with E-state index in [1.54, 1.807) is 6.33 Å². The first kappa shape index (κ1) is 19.1. The number of nitrogens with two attached hydrogens (primary N) is 1. The molecule has 6 heteroatoms. The van der Waals surface area contributed by atoms with Crippen LogP contribution in [0.15, 0.2) is 36.8 Å². The summed E-state index contributed by atoms with van der Waals surface area (Å²) in [6, 6.07) is 8.89. The predicted octanol–water partition coefficient (Wildman–Crippen LogP) is 4.52.